The van der Waals surface area contributed by atoms with Gasteiger partial charge in [-0.1, -0.05) is 6.07 Å². The molecule has 1 fully saturated rings. The van der Waals surface area contributed by atoms with Gasteiger partial charge < -0.3 is 15.4 Å². The van der Waals surface area contributed by atoms with Crippen molar-refractivity contribution >= 4 is 23.3 Å². The van der Waals surface area contributed by atoms with Crippen LogP contribution in [-0.4, -0.2) is 25.0 Å². The Balaban J connectivity index is 1.85. The predicted molar refractivity (Wildman–Crippen MR) is 102 cm³/mol. The molecule has 0 bridgehead atoms. The summed E-state index contributed by atoms with van der Waals surface area (Å²) >= 11 is 0. The first kappa shape index (κ1) is 18.0. The Kier molecular flexibility index (Phi) is 5.26. The van der Waals surface area contributed by atoms with Gasteiger partial charge in [0.05, 0.1) is 12.7 Å². The summed E-state index contributed by atoms with van der Waals surface area (Å²) in [6.45, 7) is 3.87. The van der Waals surface area contributed by atoms with E-state index >= 15 is 0 Å². The molecular formula is C21H24N2O3. The van der Waals surface area contributed by atoms with E-state index in [1.807, 2.05) is 44.2 Å². The topological polar surface area (TPSA) is 67.4 Å². The number of ether oxygens (including phenoxy) is 1. The summed E-state index contributed by atoms with van der Waals surface area (Å²) in [7, 11) is 1.39. The molecule has 0 aromatic heterocycles. The van der Waals surface area contributed by atoms with Gasteiger partial charge in [0.25, 0.3) is 5.91 Å². The molecule has 0 heterocycles. The zero-order valence-electron chi connectivity index (χ0n) is 15.3. The number of hydrogen-bond donors (Lipinski definition) is 2. The van der Waals surface area contributed by atoms with E-state index in [4.69, 9.17) is 4.74 Å². The molecule has 1 aliphatic rings. The summed E-state index contributed by atoms with van der Waals surface area (Å²) in [5.41, 5.74) is 4.09. The van der Waals surface area contributed by atoms with Crippen LogP contribution in [-0.2, 0) is 4.74 Å². The smallest absolute Gasteiger partial charge is 0.337 e. The molecule has 3 rings (SSSR count). The Morgan fingerprint density at radius 1 is 1.08 bits per heavy atom. The highest BCUT2D eigenvalue weighted by Crippen LogP contribution is 2.44. The molecule has 1 aliphatic carbocycles. The molecule has 1 amide bonds. The first-order valence-corrected chi connectivity index (χ1v) is 8.88. The molecule has 0 aliphatic heterocycles. The summed E-state index contributed by atoms with van der Waals surface area (Å²) in [4.78, 5) is 24.0. The molecule has 136 valence electrons. The molecule has 26 heavy (non-hydrogen) atoms. The third-order valence-corrected chi connectivity index (χ3v) is 4.31. The van der Waals surface area contributed by atoms with E-state index in [1.54, 1.807) is 12.1 Å². The molecule has 0 spiro atoms. The van der Waals surface area contributed by atoms with Crippen molar-refractivity contribution in [1.82, 2.24) is 5.32 Å². The van der Waals surface area contributed by atoms with Gasteiger partial charge in [-0.25, -0.2) is 4.79 Å². The number of carbonyl (C=O) groups excluding carboxylic acids is 2. The molecule has 2 aromatic carbocycles. The summed E-state index contributed by atoms with van der Waals surface area (Å²) in [6.07, 6.45) is 2.24. The predicted octanol–water partition coefficient (Wildman–Crippen LogP) is 4.23. The van der Waals surface area contributed by atoms with Crippen LogP contribution in [0.3, 0.4) is 0 Å². The van der Waals surface area contributed by atoms with E-state index in [-0.39, 0.29) is 17.9 Å². The van der Waals surface area contributed by atoms with Crippen LogP contribution in [0, 0.1) is 0 Å². The Morgan fingerprint density at radius 3 is 2.50 bits per heavy atom. The van der Waals surface area contributed by atoms with Crippen LogP contribution >= 0.6 is 0 Å². The summed E-state index contributed by atoms with van der Waals surface area (Å²) < 4.78 is 4.82. The number of methoxy groups -OCH3 is 1. The number of hydrogen-bond acceptors (Lipinski definition) is 4. The monoisotopic (exact) mass is 352 g/mol. The molecule has 2 N–H and O–H groups in total. The molecule has 0 atom stereocenters. The van der Waals surface area contributed by atoms with Crippen LogP contribution in [0.15, 0.2) is 42.5 Å². The third-order valence-electron chi connectivity index (χ3n) is 4.31. The van der Waals surface area contributed by atoms with E-state index in [0.717, 1.165) is 29.8 Å². The first-order chi connectivity index (χ1) is 12.5. The van der Waals surface area contributed by atoms with Crippen molar-refractivity contribution in [3.8, 4) is 0 Å². The van der Waals surface area contributed by atoms with Gasteiger partial charge in [-0.15, -0.1) is 0 Å². The maximum absolute atomic E-state index is 12.2. The second kappa shape index (κ2) is 7.60. The van der Waals surface area contributed by atoms with Crippen LogP contribution in [0.1, 0.15) is 58.9 Å². The third kappa shape index (κ3) is 4.23. The minimum Gasteiger partial charge on any atom is -0.465 e. The van der Waals surface area contributed by atoms with Gasteiger partial charge in [-0.3, -0.25) is 4.79 Å². The van der Waals surface area contributed by atoms with Crippen molar-refractivity contribution in [3.63, 3.8) is 0 Å². The lowest BCUT2D eigenvalue weighted by molar-refractivity contribution is 0.0600. The normalized spacial score (nSPS) is 13.4. The standard InChI is InChI=1S/C21H24N2O3/c1-13(2)22-20(24)15-5-4-6-17(11-15)23-19-10-9-16(21(25)26-3)12-18(19)14-7-8-14/h4-6,9-14,23H,7-8H2,1-3H3,(H,22,24). The van der Waals surface area contributed by atoms with Crippen molar-refractivity contribution in [1.29, 1.82) is 0 Å². The van der Waals surface area contributed by atoms with Crippen LogP contribution in [0.4, 0.5) is 11.4 Å². The van der Waals surface area contributed by atoms with E-state index in [0.29, 0.717) is 17.0 Å². The highest BCUT2D eigenvalue weighted by atomic mass is 16.5. The first-order valence-electron chi connectivity index (χ1n) is 8.88. The maximum atomic E-state index is 12.2. The zero-order chi connectivity index (χ0) is 18.7. The highest BCUT2D eigenvalue weighted by Gasteiger charge is 2.27. The number of amides is 1. The maximum Gasteiger partial charge on any atom is 0.337 e. The largest absolute Gasteiger partial charge is 0.465 e. The molecule has 1 saturated carbocycles. The Morgan fingerprint density at radius 2 is 1.85 bits per heavy atom. The van der Waals surface area contributed by atoms with Crippen LogP contribution in [0.25, 0.3) is 0 Å². The second-order valence-electron chi connectivity index (χ2n) is 6.90. The van der Waals surface area contributed by atoms with Crippen molar-refractivity contribution in [2.45, 2.75) is 38.6 Å². The average Bonchev–Trinajstić information content (AvgIpc) is 3.46. The van der Waals surface area contributed by atoms with Crippen molar-refractivity contribution in [2.24, 2.45) is 0 Å². The summed E-state index contributed by atoms with van der Waals surface area (Å²) in [6, 6.07) is 13.1. The zero-order valence-corrected chi connectivity index (χ0v) is 15.3. The number of benzene rings is 2. The lowest BCUT2D eigenvalue weighted by Crippen LogP contribution is -2.30. The fraction of sp³-hybridized carbons (Fsp3) is 0.333. The molecule has 5 nitrogen and oxygen atoms in total. The Hall–Kier alpha value is -2.82. The molecular weight excluding hydrogens is 328 g/mol. The molecule has 5 heteroatoms. The van der Waals surface area contributed by atoms with Gasteiger partial charge in [0, 0.05) is 23.0 Å². The number of carbonyl (C=O) groups is 2. The average molecular weight is 352 g/mol. The number of esters is 1. The van der Waals surface area contributed by atoms with Crippen molar-refractivity contribution < 1.29 is 14.3 Å². The Labute approximate surface area is 153 Å². The molecule has 0 unspecified atom stereocenters. The lowest BCUT2D eigenvalue weighted by Gasteiger charge is -2.14. The molecule has 0 radical (unpaired) electrons. The van der Waals surface area contributed by atoms with Crippen molar-refractivity contribution in [2.75, 3.05) is 12.4 Å². The van der Waals surface area contributed by atoms with E-state index in [1.165, 1.54) is 7.11 Å². The van der Waals surface area contributed by atoms with Crippen LogP contribution < -0.4 is 10.6 Å². The van der Waals surface area contributed by atoms with E-state index in [9.17, 15) is 9.59 Å². The van der Waals surface area contributed by atoms with Gasteiger partial charge in [0.15, 0.2) is 0 Å². The van der Waals surface area contributed by atoms with Crippen molar-refractivity contribution in [3.05, 3.63) is 59.2 Å². The van der Waals surface area contributed by atoms with Gasteiger partial charge >= 0.3 is 5.97 Å². The van der Waals surface area contributed by atoms with E-state index < -0.39 is 0 Å². The SMILES string of the molecule is COC(=O)c1ccc(Nc2cccc(C(=O)NC(C)C)c2)c(C2CC2)c1. The number of nitrogens with one attached hydrogen (secondary N) is 2. The van der Waals surface area contributed by atoms with E-state index in [2.05, 4.69) is 10.6 Å². The second-order valence-corrected chi connectivity index (χ2v) is 6.90. The fourth-order valence-corrected chi connectivity index (χ4v) is 2.89. The fourth-order valence-electron chi connectivity index (χ4n) is 2.89. The quantitative estimate of drug-likeness (QED) is 0.764. The lowest BCUT2D eigenvalue weighted by atomic mass is 10.0. The van der Waals surface area contributed by atoms with Gasteiger partial charge in [-0.2, -0.15) is 0 Å². The minimum atomic E-state index is -0.328. The van der Waals surface area contributed by atoms with Gasteiger partial charge in [-0.05, 0) is 74.6 Å². The summed E-state index contributed by atoms with van der Waals surface area (Å²) in [5, 5.41) is 6.29. The van der Waals surface area contributed by atoms with Gasteiger partial charge in [0.2, 0.25) is 0 Å². The molecule has 0 saturated heterocycles. The summed E-state index contributed by atoms with van der Waals surface area (Å²) in [5.74, 6) is 0.0486. The number of rotatable bonds is 6. The van der Waals surface area contributed by atoms with Crippen LogP contribution in [0.5, 0.6) is 0 Å². The highest BCUT2D eigenvalue weighted by molar-refractivity contribution is 5.95. The number of anilines is 2. The van der Waals surface area contributed by atoms with Gasteiger partial charge in [0.1, 0.15) is 0 Å². The minimum absolute atomic E-state index is 0.0893. The Bertz CT molecular complexity index is 826. The van der Waals surface area contributed by atoms with Crippen LogP contribution in [0.2, 0.25) is 0 Å². The molecule has 2 aromatic rings.